The second kappa shape index (κ2) is 16.8. The fourth-order valence-electron chi connectivity index (χ4n) is 6.16. The summed E-state index contributed by atoms with van der Waals surface area (Å²) in [6.45, 7) is 10.1. The number of carboxylic acid groups (broad SMARTS) is 1. The van der Waals surface area contributed by atoms with Gasteiger partial charge in [0, 0.05) is 49.4 Å². The maximum atomic E-state index is 13.4. The van der Waals surface area contributed by atoms with E-state index in [4.69, 9.17) is 18.9 Å². The summed E-state index contributed by atoms with van der Waals surface area (Å²) >= 11 is 0. The Labute approximate surface area is 309 Å². The van der Waals surface area contributed by atoms with Crippen LogP contribution in [0.15, 0.2) is 70.1 Å². The number of halogens is 1. The second-order valence-corrected chi connectivity index (χ2v) is 14.9. The van der Waals surface area contributed by atoms with Gasteiger partial charge < -0.3 is 24.3 Å². The van der Waals surface area contributed by atoms with Gasteiger partial charge in [0.25, 0.3) is 10.0 Å². The molecule has 15 heteroatoms. The molecule has 1 saturated heterocycles. The van der Waals surface area contributed by atoms with E-state index in [1.807, 2.05) is 38.1 Å². The molecule has 3 N–H and O–H groups in total. The van der Waals surface area contributed by atoms with Gasteiger partial charge >= 0.3 is 5.97 Å². The largest absolute Gasteiger partial charge is 0.478 e. The average Bonchev–Trinajstić information content (AvgIpc) is 3.54. The van der Waals surface area contributed by atoms with Crippen LogP contribution in [-0.2, 0) is 21.3 Å². The Hall–Kier alpha value is -4.63. The Morgan fingerprint density at radius 2 is 1.83 bits per heavy atom. The lowest BCUT2D eigenvalue weighted by molar-refractivity contribution is 0.0446. The number of nitrogens with one attached hydrogen (secondary N) is 2. The van der Waals surface area contributed by atoms with E-state index in [9.17, 15) is 18.3 Å². The molecule has 1 aliphatic rings. The minimum atomic E-state index is -4.25. The lowest BCUT2D eigenvalue weighted by Crippen LogP contribution is -2.38. The Balaban J connectivity index is 0.00000523. The van der Waals surface area contributed by atoms with Gasteiger partial charge in [-0.3, -0.25) is 0 Å². The predicted molar refractivity (Wildman–Crippen MR) is 199 cm³/mol. The molecule has 13 nitrogen and oxygen atoms in total. The van der Waals surface area contributed by atoms with Crippen molar-refractivity contribution < 1.29 is 32.2 Å². The van der Waals surface area contributed by atoms with Crippen LogP contribution in [0.5, 0.6) is 5.88 Å². The Morgan fingerprint density at radius 3 is 2.54 bits per heavy atom. The van der Waals surface area contributed by atoms with Crippen molar-refractivity contribution in [3.63, 3.8) is 0 Å². The number of hydrogen-bond donors (Lipinski definition) is 3. The number of aromatic nitrogens is 4. The zero-order valence-corrected chi connectivity index (χ0v) is 31.1. The fraction of sp³-hybridized carbons (Fsp3) is 0.378. The molecule has 0 bridgehead atoms. The molecule has 6 rings (SSSR count). The summed E-state index contributed by atoms with van der Waals surface area (Å²) in [7, 11) is -4.25. The first kappa shape index (κ1) is 38.6. The van der Waals surface area contributed by atoms with Crippen LogP contribution in [-0.4, -0.2) is 65.3 Å². The number of nitrogens with zero attached hydrogens (tertiary/aromatic N) is 4. The molecule has 3 aromatic heterocycles. The van der Waals surface area contributed by atoms with Crippen molar-refractivity contribution in [1.29, 1.82) is 0 Å². The average molecular weight is 751 g/mol. The van der Waals surface area contributed by atoms with Crippen molar-refractivity contribution in [2.75, 3.05) is 24.5 Å². The van der Waals surface area contributed by atoms with E-state index in [1.54, 1.807) is 12.3 Å². The lowest BCUT2D eigenvalue weighted by atomic mass is 9.94. The molecule has 276 valence electrons. The van der Waals surface area contributed by atoms with Crippen LogP contribution in [0.4, 0.5) is 5.95 Å². The third kappa shape index (κ3) is 9.42. The number of carboxylic acids is 1. The highest BCUT2D eigenvalue weighted by Gasteiger charge is 2.23. The van der Waals surface area contributed by atoms with Crippen molar-refractivity contribution in [3.8, 4) is 17.1 Å². The van der Waals surface area contributed by atoms with Crippen molar-refractivity contribution >= 4 is 45.6 Å². The predicted octanol–water partition coefficient (Wildman–Crippen LogP) is 6.69. The summed E-state index contributed by atoms with van der Waals surface area (Å²) in [4.78, 5) is 29.5. The summed E-state index contributed by atoms with van der Waals surface area (Å²) in [5.74, 6) is 0.105. The number of carbonyl (C=O) groups is 1. The summed E-state index contributed by atoms with van der Waals surface area (Å²) < 4.78 is 47.2. The number of hydrogen-bond acceptors (Lipinski definition) is 11. The standard InChI is InChI=1S/C37H42N6O7S.ClH/c1-22(2)32-16-31-35(50-32)39-19-28(40-31)18-38-27(14-25-10-7-13-48-20-25)21-49-33-17-30(34-23(3)8-5-9-24(34)4)41-37(42-33)43-51(46,47)29-12-6-11-26(15-29)36(44)45;/h5-6,8-9,11-12,15-17,19,22,25,27,38H,7,10,13-14,18,20-21H2,1-4H3,(H,44,45)(H,41,42,43);1H/t25?,27-;/m1./s1. The van der Waals surface area contributed by atoms with E-state index >= 15 is 0 Å². The van der Waals surface area contributed by atoms with Gasteiger partial charge in [0.1, 0.15) is 17.9 Å². The van der Waals surface area contributed by atoms with Crippen molar-refractivity contribution in [3.05, 3.63) is 88.9 Å². The third-order valence-electron chi connectivity index (χ3n) is 8.81. The molecule has 1 fully saturated rings. The number of fused-ring (bicyclic) bond motifs is 1. The topological polar surface area (TPSA) is 179 Å². The molecule has 4 heterocycles. The van der Waals surface area contributed by atoms with Crippen molar-refractivity contribution in [2.45, 2.75) is 70.4 Å². The Morgan fingerprint density at radius 1 is 1.06 bits per heavy atom. The summed E-state index contributed by atoms with van der Waals surface area (Å²) in [6, 6.07) is 14.4. The molecule has 2 aromatic carbocycles. The summed E-state index contributed by atoms with van der Waals surface area (Å²) in [5.41, 5.74) is 4.98. The van der Waals surface area contributed by atoms with Crippen LogP contribution < -0.4 is 14.8 Å². The summed E-state index contributed by atoms with van der Waals surface area (Å²) in [6.07, 6.45) is 4.50. The van der Waals surface area contributed by atoms with Crippen LogP contribution in [0.1, 0.15) is 72.0 Å². The van der Waals surface area contributed by atoms with Gasteiger partial charge in [-0.05, 0) is 68.4 Å². The highest BCUT2D eigenvalue weighted by molar-refractivity contribution is 7.92. The monoisotopic (exact) mass is 750 g/mol. The lowest BCUT2D eigenvalue weighted by Gasteiger charge is -2.27. The van der Waals surface area contributed by atoms with E-state index in [0.29, 0.717) is 36.0 Å². The van der Waals surface area contributed by atoms with Gasteiger partial charge in [0.05, 0.1) is 28.0 Å². The quantitative estimate of drug-likeness (QED) is 0.110. The molecule has 0 amide bonds. The minimum absolute atomic E-state index is 0. The van der Waals surface area contributed by atoms with Crippen LogP contribution in [0.2, 0.25) is 0 Å². The second-order valence-electron chi connectivity index (χ2n) is 13.2. The minimum Gasteiger partial charge on any atom is -0.478 e. The number of benzene rings is 2. The van der Waals surface area contributed by atoms with Crippen LogP contribution in [0.25, 0.3) is 22.5 Å². The van der Waals surface area contributed by atoms with E-state index in [2.05, 4.69) is 38.8 Å². The SMILES string of the molecule is Cc1cccc(C)c1-c1cc(OC[C@@H](CC2CCCOC2)NCc2cnc3oc(C(C)C)cc3n2)nc(NS(=O)(=O)c2cccc(C(=O)O)c2)n1.Cl. The zero-order valence-electron chi connectivity index (χ0n) is 29.5. The zero-order chi connectivity index (χ0) is 36.1. The van der Waals surface area contributed by atoms with Gasteiger partial charge in [0.15, 0.2) is 0 Å². The van der Waals surface area contributed by atoms with Crippen LogP contribution in [0.3, 0.4) is 0 Å². The van der Waals surface area contributed by atoms with E-state index in [-0.39, 0.29) is 53.3 Å². The maximum absolute atomic E-state index is 13.4. The molecule has 0 aliphatic carbocycles. The van der Waals surface area contributed by atoms with E-state index < -0.39 is 16.0 Å². The molecule has 1 unspecified atom stereocenters. The van der Waals surface area contributed by atoms with Gasteiger partial charge in [-0.15, -0.1) is 12.4 Å². The molecular formula is C37H43ClN6O7S. The Kier molecular flexibility index (Phi) is 12.5. The number of aromatic carboxylic acids is 1. The number of ether oxygens (including phenoxy) is 2. The number of rotatable bonds is 14. The number of aryl methyl sites for hydroxylation is 2. The molecule has 0 spiro atoms. The molecule has 0 radical (unpaired) electrons. The van der Waals surface area contributed by atoms with E-state index in [1.165, 1.54) is 18.2 Å². The number of sulfonamides is 1. The third-order valence-corrected chi connectivity index (χ3v) is 10.1. The maximum Gasteiger partial charge on any atom is 0.335 e. The molecule has 52 heavy (non-hydrogen) atoms. The highest BCUT2D eigenvalue weighted by atomic mass is 35.5. The van der Waals surface area contributed by atoms with Crippen LogP contribution >= 0.6 is 12.4 Å². The number of furan rings is 1. The van der Waals surface area contributed by atoms with Gasteiger partial charge in [-0.2, -0.15) is 4.98 Å². The first-order valence-corrected chi connectivity index (χ1v) is 18.4. The van der Waals surface area contributed by atoms with Crippen LogP contribution in [0, 0.1) is 19.8 Å². The van der Waals surface area contributed by atoms with Gasteiger partial charge in [0.2, 0.25) is 17.5 Å². The summed E-state index contributed by atoms with van der Waals surface area (Å²) in [5, 5.41) is 13.0. The molecule has 5 aromatic rings. The Bertz CT molecular complexity index is 2120. The first-order chi connectivity index (χ1) is 24.4. The smallest absolute Gasteiger partial charge is 0.335 e. The van der Waals surface area contributed by atoms with Gasteiger partial charge in [-0.1, -0.05) is 38.1 Å². The molecule has 1 aliphatic heterocycles. The number of anilines is 1. The normalized spacial score (nSPS) is 15.3. The fourth-order valence-corrected chi connectivity index (χ4v) is 7.15. The molecule has 0 saturated carbocycles. The highest BCUT2D eigenvalue weighted by Crippen LogP contribution is 2.30. The van der Waals surface area contributed by atoms with Gasteiger partial charge in [-0.25, -0.2) is 32.9 Å². The van der Waals surface area contributed by atoms with Crippen molar-refractivity contribution in [1.82, 2.24) is 25.3 Å². The van der Waals surface area contributed by atoms with E-state index in [0.717, 1.165) is 60.1 Å². The molecule has 2 atom stereocenters. The first-order valence-electron chi connectivity index (χ1n) is 17.0. The molecular weight excluding hydrogens is 708 g/mol. The van der Waals surface area contributed by atoms with Crippen molar-refractivity contribution in [2.24, 2.45) is 5.92 Å².